The molecule has 1 aliphatic heterocycles. The zero-order chi connectivity index (χ0) is 36.9. The van der Waals surface area contributed by atoms with Crippen molar-refractivity contribution in [1.82, 2.24) is 5.32 Å². The van der Waals surface area contributed by atoms with E-state index in [4.69, 9.17) is 4.99 Å². The van der Waals surface area contributed by atoms with E-state index < -0.39 is 0 Å². The highest BCUT2D eigenvalue weighted by atomic mass is 15.1. The number of fused-ring (bicyclic) bond motifs is 4. The minimum Gasteiger partial charge on any atom is -0.360 e. The van der Waals surface area contributed by atoms with Gasteiger partial charge in [-0.3, -0.25) is 4.99 Å². The van der Waals surface area contributed by atoms with Gasteiger partial charge in [-0.25, -0.2) is 0 Å². The van der Waals surface area contributed by atoms with Gasteiger partial charge in [0, 0.05) is 22.9 Å². The molecule has 1 heterocycles. The number of nitrogens with one attached hydrogen (secondary N) is 1. The van der Waals surface area contributed by atoms with Crippen LogP contribution in [0.25, 0.3) is 39.1 Å². The van der Waals surface area contributed by atoms with Crippen molar-refractivity contribution in [1.29, 1.82) is 0 Å². The fourth-order valence-corrected chi connectivity index (χ4v) is 9.01. The highest BCUT2D eigenvalue weighted by Gasteiger charge is 2.44. The van der Waals surface area contributed by atoms with Gasteiger partial charge in [-0.15, -0.1) is 0 Å². The zero-order valence-corrected chi connectivity index (χ0v) is 31.2. The Balaban J connectivity index is 1.05. The Morgan fingerprint density at radius 2 is 1.15 bits per heavy atom. The number of allylic oxidation sites excluding steroid dienone is 9. The van der Waals surface area contributed by atoms with Crippen molar-refractivity contribution < 1.29 is 0 Å². The van der Waals surface area contributed by atoms with E-state index in [1.165, 1.54) is 55.7 Å². The lowest BCUT2D eigenvalue weighted by molar-refractivity contribution is 0.619. The molecule has 3 aliphatic carbocycles. The predicted octanol–water partition coefficient (Wildman–Crippen LogP) is 12.7. The third kappa shape index (κ3) is 5.86. The van der Waals surface area contributed by atoms with E-state index in [-0.39, 0.29) is 11.6 Å². The smallest absolute Gasteiger partial charge is 0.145 e. The van der Waals surface area contributed by atoms with Gasteiger partial charge in [-0.2, -0.15) is 0 Å². The molecule has 264 valence electrons. The van der Waals surface area contributed by atoms with Gasteiger partial charge in [0.25, 0.3) is 0 Å². The summed E-state index contributed by atoms with van der Waals surface area (Å²) in [5.41, 5.74) is 18.5. The summed E-state index contributed by atoms with van der Waals surface area (Å²) in [4.78, 5) is 5.15. The van der Waals surface area contributed by atoms with Crippen LogP contribution in [-0.4, -0.2) is 5.71 Å². The van der Waals surface area contributed by atoms with Crippen LogP contribution in [-0.2, 0) is 5.41 Å². The molecule has 2 nitrogen and oxygen atoms in total. The zero-order valence-electron chi connectivity index (χ0n) is 31.2. The van der Waals surface area contributed by atoms with Gasteiger partial charge >= 0.3 is 0 Å². The van der Waals surface area contributed by atoms with Gasteiger partial charge < -0.3 is 5.32 Å². The lowest BCUT2D eigenvalue weighted by Gasteiger charge is -2.34. The van der Waals surface area contributed by atoms with Gasteiger partial charge in [0.05, 0.1) is 5.71 Å². The summed E-state index contributed by atoms with van der Waals surface area (Å²) in [6, 6.07) is 57.1. The van der Waals surface area contributed by atoms with E-state index in [1.54, 1.807) is 0 Å². The van der Waals surface area contributed by atoms with Crippen molar-refractivity contribution in [3.63, 3.8) is 0 Å². The van der Waals surface area contributed by atoms with Crippen molar-refractivity contribution in [3.05, 3.63) is 233 Å². The van der Waals surface area contributed by atoms with Gasteiger partial charge in [0.15, 0.2) is 0 Å². The molecule has 3 atom stereocenters. The maximum atomic E-state index is 5.15. The molecule has 55 heavy (non-hydrogen) atoms. The van der Waals surface area contributed by atoms with Crippen molar-refractivity contribution in [3.8, 4) is 22.3 Å². The molecule has 0 amide bonds. The van der Waals surface area contributed by atoms with Crippen molar-refractivity contribution >= 4 is 22.6 Å². The van der Waals surface area contributed by atoms with Crippen molar-refractivity contribution in [2.75, 3.05) is 0 Å². The van der Waals surface area contributed by atoms with Crippen LogP contribution in [0.5, 0.6) is 0 Å². The van der Waals surface area contributed by atoms with Crippen LogP contribution in [0.15, 0.2) is 205 Å². The molecule has 0 bridgehead atoms. The second-order valence-electron chi connectivity index (χ2n) is 15.5. The fourth-order valence-electron chi connectivity index (χ4n) is 9.01. The highest BCUT2D eigenvalue weighted by molar-refractivity contribution is 6.13. The summed E-state index contributed by atoms with van der Waals surface area (Å²) in [5, 5.41) is 3.76. The van der Waals surface area contributed by atoms with Crippen LogP contribution in [0.4, 0.5) is 0 Å². The molecule has 6 aromatic rings. The van der Waals surface area contributed by atoms with Crippen LogP contribution < -0.4 is 5.32 Å². The second-order valence-corrected chi connectivity index (χ2v) is 15.5. The largest absolute Gasteiger partial charge is 0.360 e. The predicted molar refractivity (Wildman–Crippen MR) is 230 cm³/mol. The second kappa shape index (κ2) is 13.4. The molecule has 0 spiro atoms. The van der Waals surface area contributed by atoms with Gasteiger partial charge in [0.1, 0.15) is 6.17 Å². The first-order valence-corrected chi connectivity index (χ1v) is 19.4. The van der Waals surface area contributed by atoms with Crippen LogP contribution in [0, 0.1) is 11.8 Å². The number of rotatable bonds is 6. The minimum atomic E-state index is -0.178. The fraction of sp³-hybridized carbons (Fsp3) is 0.113. The first kappa shape index (κ1) is 33.1. The highest BCUT2D eigenvalue weighted by Crippen LogP contribution is 2.58. The third-order valence-corrected chi connectivity index (χ3v) is 11.9. The molecule has 0 saturated carbocycles. The maximum Gasteiger partial charge on any atom is 0.145 e. The molecule has 6 aromatic carbocycles. The van der Waals surface area contributed by atoms with Gasteiger partial charge in [-0.1, -0.05) is 190 Å². The molecule has 10 rings (SSSR count). The lowest BCUT2D eigenvalue weighted by Crippen LogP contribution is -2.24. The molecule has 0 aromatic heterocycles. The van der Waals surface area contributed by atoms with Crippen LogP contribution in [0.2, 0.25) is 0 Å². The molecule has 2 heteroatoms. The SMILES string of the molecule is CC1(C)C2=CC3C=CC=CC3C(c3ccc(-c4ccccc4)cc3)=C2c2ccc(-c3cccc(C4=CC(c5ccccc5)=NC(c5ccccc5)N4)c3)cc21. The average Bonchev–Trinajstić information content (AvgIpc) is 3.48. The maximum absolute atomic E-state index is 5.15. The Morgan fingerprint density at radius 3 is 1.91 bits per heavy atom. The van der Waals surface area contributed by atoms with E-state index >= 15 is 0 Å². The van der Waals surface area contributed by atoms with Crippen LogP contribution in [0.1, 0.15) is 53.4 Å². The van der Waals surface area contributed by atoms with Gasteiger partial charge in [0.2, 0.25) is 0 Å². The number of aliphatic imine (C=N–C) groups is 1. The first-order chi connectivity index (χ1) is 27.0. The van der Waals surface area contributed by atoms with Crippen LogP contribution >= 0.6 is 0 Å². The average molecular weight is 707 g/mol. The summed E-state index contributed by atoms with van der Waals surface area (Å²) in [7, 11) is 0. The first-order valence-electron chi connectivity index (χ1n) is 19.4. The molecule has 0 fully saturated rings. The molecule has 1 N–H and O–H groups in total. The van der Waals surface area contributed by atoms with Gasteiger partial charge in [-0.05, 0) is 90.6 Å². The summed E-state index contributed by atoms with van der Waals surface area (Å²) in [5.74, 6) is 0.627. The Labute approximate surface area is 324 Å². The lowest BCUT2D eigenvalue weighted by atomic mass is 9.69. The number of hydrogen-bond acceptors (Lipinski definition) is 2. The van der Waals surface area contributed by atoms with E-state index in [1.807, 2.05) is 0 Å². The van der Waals surface area contributed by atoms with E-state index in [9.17, 15) is 0 Å². The molecule has 3 unspecified atom stereocenters. The Morgan fingerprint density at radius 1 is 0.545 bits per heavy atom. The monoisotopic (exact) mass is 706 g/mol. The topological polar surface area (TPSA) is 24.4 Å². The van der Waals surface area contributed by atoms with E-state index in [2.05, 4.69) is 213 Å². The molecule has 4 aliphatic rings. The van der Waals surface area contributed by atoms with Crippen molar-refractivity contribution in [2.45, 2.75) is 25.4 Å². The molecular weight excluding hydrogens is 665 g/mol. The normalized spacial score (nSPS) is 20.4. The summed E-state index contributed by atoms with van der Waals surface area (Å²) in [6.07, 6.45) is 13.8. The Hall–Kier alpha value is -6.51. The van der Waals surface area contributed by atoms with E-state index in [0.717, 1.165) is 28.1 Å². The Bertz CT molecular complexity index is 2620. The Kier molecular flexibility index (Phi) is 8.07. The number of nitrogens with zero attached hydrogens (tertiary/aromatic N) is 1. The summed E-state index contributed by atoms with van der Waals surface area (Å²) < 4.78 is 0. The molecule has 0 radical (unpaired) electrons. The summed E-state index contributed by atoms with van der Waals surface area (Å²) in [6.45, 7) is 4.82. The molecular formula is C53H42N2. The minimum absolute atomic E-state index is 0.148. The quantitative estimate of drug-likeness (QED) is 0.183. The third-order valence-electron chi connectivity index (χ3n) is 11.9. The standard InChI is InChI=1S/C53H42N2/c1-53(2)46-32-41(40-22-14-23-43(31-40)49-34-48(37-17-8-4-9-18-37)54-52(55-49)39-19-10-5-11-20-39)29-30-45(46)51-47(53)33-42-21-12-13-24-44(42)50(51)38-27-25-36(26-28-38)35-15-6-3-7-16-35/h3-34,42,44,52,55H,1-2H3. The summed E-state index contributed by atoms with van der Waals surface area (Å²) >= 11 is 0. The van der Waals surface area contributed by atoms with Crippen LogP contribution in [0.3, 0.4) is 0 Å². The number of hydrogen-bond donors (Lipinski definition) is 1. The number of benzene rings is 6. The molecule has 0 saturated heterocycles. The van der Waals surface area contributed by atoms with Crippen molar-refractivity contribution in [2.24, 2.45) is 16.8 Å². The van der Waals surface area contributed by atoms with E-state index in [0.29, 0.717) is 11.8 Å².